The first-order valence-electron chi connectivity index (χ1n) is 5.93. The predicted octanol–water partition coefficient (Wildman–Crippen LogP) is 3.24. The van der Waals surface area contributed by atoms with Crippen LogP contribution in [0.2, 0.25) is 0 Å². The number of hydrogen-bond donors (Lipinski definition) is 1. The van der Waals surface area contributed by atoms with Gasteiger partial charge in [-0.05, 0) is 29.5 Å². The fourth-order valence-electron chi connectivity index (χ4n) is 1.95. The van der Waals surface area contributed by atoms with Crippen LogP contribution in [-0.2, 0) is 6.42 Å². The van der Waals surface area contributed by atoms with Crippen LogP contribution in [0.3, 0.4) is 0 Å². The number of aromatic nitrogens is 1. The van der Waals surface area contributed by atoms with Gasteiger partial charge in [0.2, 0.25) is 0 Å². The van der Waals surface area contributed by atoms with Crippen LogP contribution in [0, 0.1) is 5.92 Å². The molecule has 0 radical (unpaired) electrons. The molecule has 1 aromatic carbocycles. The third kappa shape index (κ3) is 3.06. The van der Waals surface area contributed by atoms with E-state index in [2.05, 4.69) is 31.0 Å². The highest BCUT2D eigenvalue weighted by Gasteiger charge is 2.02. The topological polar surface area (TPSA) is 32.9 Å². The van der Waals surface area contributed by atoms with Crippen molar-refractivity contribution in [3.05, 3.63) is 58.4 Å². The highest BCUT2D eigenvalue weighted by molar-refractivity contribution is 5.59. The zero-order valence-corrected chi connectivity index (χ0v) is 10.2. The van der Waals surface area contributed by atoms with E-state index in [1.165, 1.54) is 11.6 Å². The lowest BCUT2D eigenvalue weighted by Crippen LogP contribution is -1.99. The van der Waals surface area contributed by atoms with Crippen LogP contribution in [0.4, 0.5) is 0 Å². The van der Waals surface area contributed by atoms with Gasteiger partial charge in [-0.2, -0.15) is 0 Å². The molecule has 2 nitrogen and oxygen atoms in total. The molecule has 0 spiro atoms. The summed E-state index contributed by atoms with van der Waals surface area (Å²) in [6.45, 7) is 4.41. The Morgan fingerprint density at radius 1 is 1.18 bits per heavy atom. The number of H-pyrrole nitrogens is 1. The second-order valence-corrected chi connectivity index (χ2v) is 4.74. The van der Waals surface area contributed by atoms with Crippen LogP contribution in [-0.4, -0.2) is 4.98 Å². The lowest BCUT2D eigenvalue weighted by Gasteiger charge is -2.07. The van der Waals surface area contributed by atoms with Crippen LogP contribution in [0.25, 0.3) is 11.3 Å². The van der Waals surface area contributed by atoms with E-state index >= 15 is 0 Å². The molecule has 0 aliphatic rings. The monoisotopic (exact) mass is 227 g/mol. The molecular weight excluding hydrogens is 210 g/mol. The van der Waals surface area contributed by atoms with Crippen molar-refractivity contribution in [2.45, 2.75) is 20.3 Å². The van der Waals surface area contributed by atoms with Crippen LogP contribution in [0.15, 0.2) is 47.4 Å². The molecule has 1 aromatic heterocycles. The maximum absolute atomic E-state index is 11.3. The standard InChI is InChI=1S/C15H17NO/c1-11(2)8-12-4-3-5-13(9-12)15-10-14(17)6-7-16-15/h3-7,9-11H,8H2,1-2H3,(H,16,17). The Bertz CT molecular complexity index is 555. The van der Waals surface area contributed by atoms with Crippen molar-refractivity contribution in [3.63, 3.8) is 0 Å². The van der Waals surface area contributed by atoms with Crippen molar-refractivity contribution < 1.29 is 0 Å². The van der Waals surface area contributed by atoms with Gasteiger partial charge in [0, 0.05) is 24.0 Å². The van der Waals surface area contributed by atoms with Gasteiger partial charge in [-0.25, -0.2) is 0 Å². The minimum atomic E-state index is 0.0352. The molecule has 1 heterocycles. The van der Waals surface area contributed by atoms with Gasteiger partial charge >= 0.3 is 0 Å². The Hall–Kier alpha value is -1.83. The Balaban J connectivity index is 2.36. The van der Waals surface area contributed by atoms with E-state index < -0.39 is 0 Å². The average molecular weight is 227 g/mol. The molecule has 88 valence electrons. The van der Waals surface area contributed by atoms with Crippen molar-refractivity contribution in [1.29, 1.82) is 0 Å². The minimum absolute atomic E-state index is 0.0352. The van der Waals surface area contributed by atoms with Crippen LogP contribution < -0.4 is 5.43 Å². The first-order chi connectivity index (χ1) is 8.15. The van der Waals surface area contributed by atoms with E-state index in [1.807, 2.05) is 12.1 Å². The molecule has 0 saturated carbocycles. The van der Waals surface area contributed by atoms with Crippen molar-refractivity contribution in [2.24, 2.45) is 5.92 Å². The van der Waals surface area contributed by atoms with Crippen molar-refractivity contribution in [3.8, 4) is 11.3 Å². The Morgan fingerprint density at radius 3 is 2.71 bits per heavy atom. The van der Waals surface area contributed by atoms with E-state index in [0.717, 1.165) is 17.7 Å². The van der Waals surface area contributed by atoms with Gasteiger partial charge < -0.3 is 4.98 Å². The minimum Gasteiger partial charge on any atom is -0.361 e. The SMILES string of the molecule is CC(C)Cc1cccc(-c2cc(=O)cc[nH]2)c1. The second-order valence-electron chi connectivity index (χ2n) is 4.74. The summed E-state index contributed by atoms with van der Waals surface area (Å²) >= 11 is 0. The fourth-order valence-corrected chi connectivity index (χ4v) is 1.95. The van der Waals surface area contributed by atoms with Gasteiger partial charge in [0.15, 0.2) is 5.43 Å². The number of nitrogens with one attached hydrogen (secondary N) is 1. The Kier molecular flexibility index (Phi) is 3.43. The maximum atomic E-state index is 11.3. The van der Waals surface area contributed by atoms with Gasteiger partial charge in [0.05, 0.1) is 0 Å². The lowest BCUT2D eigenvalue weighted by atomic mass is 10.00. The van der Waals surface area contributed by atoms with Gasteiger partial charge in [0.1, 0.15) is 0 Å². The predicted molar refractivity (Wildman–Crippen MR) is 71.0 cm³/mol. The lowest BCUT2D eigenvalue weighted by molar-refractivity contribution is 0.647. The molecule has 2 heteroatoms. The summed E-state index contributed by atoms with van der Waals surface area (Å²) in [6.07, 6.45) is 2.75. The zero-order valence-electron chi connectivity index (χ0n) is 10.2. The summed E-state index contributed by atoms with van der Waals surface area (Å²) in [4.78, 5) is 14.4. The second kappa shape index (κ2) is 5.00. The van der Waals surface area contributed by atoms with Gasteiger partial charge in [-0.1, -0.05) is 32.0 Å². The van der Waals surface area contributed by atoms with Crippen LogP contribution >= 0.6 is 0 Å². The number of rotatable bonds is 3. The van der Waals surface area contributed by atoms with E-state index in [4.69, 9.17) is 0 Å². The molecule has 1 N–H and O–H groups in total. The molecule has 17 heavy (non-hydrogen) atoms. The summed E-state index contributed by atoms with van der Waals surface area (Å²) in [5, 5.41) is 0. The number of hydrogen-bond acceptors (Lipinski definition) is 1. The molecule has 0 aliphatic heterocycles. The van der Waals surface area contributed by atoms with E-state index in [-0.39, 0.29) is 5.43 Å². The zero-order chi connectivity index (χ0) is 12.3. The molecule has 2 aromatic rings. The summed E-state index contributed by atoms with van der Waals surface area (Å²) in [7, 11) is 0. The van der Waals surface area contributed by atoms with Crippen LogP contribution in [0.5, 0.6) is 0 Å². The number of pyridine rings is 1. The molecule has 0 unspecified atom stereocenters. The van der Waals surface area contributed by atoms with E-state index in [1.54, 1.807) is 12.3 Å². The van der Waals surface area contributed by atoms with Crippen molar-refractivity contribution >= 4 is 0 Å². The molecule has 0 bridgehead atoms. The number of aromatic amines is 1. The Morgan fingerprint density at radius 2 is 2.00 bits per heavy atom. The first kappa shape index (κ1) is 11.6. The molecule has 0 fully saturated rings. The average Bonchev–Trinajstić information content (AvgIpc) is 2.28. The van der Waals surface area contributed by atoms with Crippen molar-refractivity contribution in [1.82, 2.24) is 4.98 Å². The molecular formula is C15H17NO. The van der Waals surface area contributed by atoms with E-state index in [9.17, 15) is 4.79 Å². The molecule has 0 amide bonds. The van der Waals surface area contributed by atoms with Gasteiger partial charge in [0.25, 0.3) is 0 Å². The Labute approximate surface area is 101 Å². The first-order valence-corrected chi connectivity index (χ1v) is 5.93. The molecule has 0 saturated heterocycles. The molecule has 0 atom stereocenters. The van der Waals surface area contributed by atoms with Crippen molar-refractivity contribution in [2.75, 3.05) is 0 Å². The molecule has 0 aliphatic carbocycles. The normalized spacial score (nSPS) is 10.8. The summed E-state index contributed by atoms with van der Waals surface area (Å²) < 4.78 is 0. The maximum Gasteiger partial charge on any atom is 0.182 e. The third-order valence-electron chi connectivity index (χ3n) is 2.65. The number of benzene rings is 1. The largest absolute Gasteiger partial charge is 0.361 e. The highest BCUT2D eigenvalue weighted by Crippen LogP contribution is 2.18. The summed E-state index contributed by atoms with van der Waals surface area (Å²) in [5.41, 5.74) is 3.29. The summed E-state index contributed by atoms with van der Waals surface area (Å²) in [5.74, 6) is 0.639. The smallest absolute Gasteiger partial charge is 0.182 e. The van der Waals surface area contributed by atoms with E-state index in [0.29, 0.717) is 5.92 Å². The van der Waals surface area contributed by atoms with Gasteiger partial charge in [-0.3, -0.25) is 4.79 Å². The quantitative estimate of drug-likeness (QED) is 0.857. The van der Waals surface area contributed by atoms with Gasteiger partial charge in [-0.15, -0.1) is 0 Å². The third-order valence-corrected chi connectivity index (χ3v) is 2.65. The van der Waals surface area contributed by atoms with Crippen LogP contribution in [0.1, 0.15) is 19.4 Å². The highest BCUT2D eigenvalue weighted by atomic mass is 16.1. The fraction of sp³-hybridized carbons (Fsp3) is 0.267. The summed E-state index contributed by atoms with van der Waals surface area (Å²) in [6, 6.07) is 11.5. The molecule has 2 rings (SSSR count).